The van der Waals surface area contributed by atoms with Crippen LogP contribution in [0.5, 0.6) is 5.75 Å². The molecule has 1 saturated heterocycles. The summed E-state index contributed by atoms with van der Waals surface area (Å²) in [4.78, 5) is 17.0. The molecule has 0 spiro atoms. The third-order valence-electron chi connectivity index (χ3n) is 5.83. The number of nitrogens with zero attached hydrogens (tertiary/aromatic N) is 4. The van der Waals surface area contributed by atoms with Crippen LogP contribution in [0.1, 0.15) is 35.7 Å². The molecule has 0 radical (unpaired) electrons. The molecule has 0 unspecified atom stereocenters. The van der Waals surface area contributed by atoms with Crippen molar-refractivity contribution < 1.29 is 9.53 Å². The molecular weight excluding hydrogens is 400 g/mol. The van der Waals surface area contributed by atoms with Gasteiger partial charge in [-0.05, 0) is 55.3 Å². The topological polar surface area (TPSA) is 58.6 Å². The summed E-state index contributed by atoms with van der Waals surface area (Å²) < 4.78 is 5.69. The zero-order valence-electron chi connectivity index (χ0n) is 18.8. The normalized spacial score (nSPS) is 13.8. The maximum Gasteiger partial charge on any atom is 0.253 e. The van der Waals surface area contributed by atoms with Crippen LogP contribution in [0.4, 0.5) is 5.82 Å². The number of rotatable bonds is 7. The van der Waals surface area contributed by atoms with Gasteiger partial charge in [-0.2, -0.15) is 0 Å². The Labute approximate surface area is 189 Å². The minimum absolute atomic E-state index is 0.0609. The summed E-state index contributed by atoms with van der Waals surface area (Å²) in [6.07, 6.45) is 2.13. The highest BCUT2D eigenvalue weighted by Crippen LogP contribution is 2.23. The predicted octanol–water partition coefficient (Wildman–Crippen LogP) is 4.59. The molecule has 166 valence electrons. The molecule has 1 aliphatic heterocycles. The van der Waals surface area contributed by atoms with E-state index < -0.39 is 0 Å². The molecule has 2 heterocycles. The van der Waals surface area contributed by atoms with Crippen LogP contribution in [0.2, 0.25) is 0 Å². The van der Waals surface area contributed by atoms with Crippen LogP contribution in [-0.2, 0) is 0 Å². The summed E-state index contributed by atoms with van der Waals surface area (Å²) in [6, 6.07) is 19.7. The molecule has 32 heavy (non-hydrogen) atoms. The summed E-state index contributed by atoms with van der Waals surface area (Å²) in [5, 5.41) is 8.88. The Kier molecular flexibility index (Phi) is 7.00. The Balaban J connectivity index is 1.33. The Morgan fingerprint density at radius 3 is 2.34 bits per heavy atom. The first-order valence-corrected chi connectivity index (χ1v) is 11.3. The molecule has 4 rings (SSSR count). The Hall–Kier alpha value is -3.41. The first-order valence-electron chi connectivity index (χ1n) is 11.3. The molecule has 6 nitrogen and oxygen atoms in total. The number of carbonyl (C=O) groups is 1. The van der Waals surface area contributed by atoms with Gasteiger partial charge in [0.15, 0.2) is 5.82 Å². The lowest BCUT2D eigenvalue weighted by molar-refractivity contribution is 0.0746. The minimum Gasteiger partial charge on any atom is -0.494 e. The van der Waals surface area contributed by atoms with Crippen molar-refractivity contribution in [2.45, 2.75) is 26.7 Å². The number of aryl methyl sites for hydroxylation is 1. The van der Waals surface area contributed by atoms with Crippen molar-refractivity contribution in [3.63, 3.8) is 0 Å². The van der Waals surface area contributed by atoms with E-state index in [0.29, 0.717) is 25.3 Å². The molecule has 0 N–H and O–H groups in total. The smallest absolute Gasteiger partial charge is 0.253 e. The van der Waals surface area contributed by atoms with Crippen LogP contribution < -0.4 is 9.64 Å². The van der Waals surface area contributed by atoms with Crippen LogP contribution in [0, 0.1) is 6.92 Å². The van der Waals surface area contributed by atoms with Gasteiger partial charge in [0.05, 0.1) is 12.3 Å². The third-order valence-corrected chi connectivity index (χ3v) is 5.83. The van der Waals surface area contributed by atoms with Crippen LogP contribution in [0.25, 0.3) is 11.3 Å². The molecular formula is C26H30N4O2. The van der Waals surface area contributed by atoms with E-state index in [1.165, 1.54) is 5.56 Å². The van der Waals surface area contributed by atoms with Crippen LogP contribution in [-0.4, -0.2) is 53.8 Å². The quantitative estimate of drug-likeness (QED) is 0.513. The molecule has 2 aromatic carbocycles. The highest BCUT2D eigenvalue weighted by atomic mass is 16.5. The Bertz CT molecular complexity index is 1030. The molecule has 1 amide bonds. The first kappa shape index (κ1) is 21.8. The van der Waals surface area contributed by atoms with Gasteiger partial charge in [0.1, 0.15) is 5.75 Å². The second kappa shape index (κ2) is 10.3. The number of benzene rings is 2. The molecule has 0 saturated carbocycles. The monoisotopic (exact) mass is 430 g/mol. The lowest BCUT2D eigenvalue weighted by Gasteiger charge is -2.35. The average Bonchev–Trinajstić information content (AvgIpc) is 2.85. The van der Waals surface area contributed by atoms with Crippen molar-refractivity contribution in [3.05, 3.63) is 71.8 Å². The Morgan fingerprint density at radius 2 is 1.69 bits per heavy atom. The number of piperazine rings is 1. The van der Waals surface area contributed by atoms with Crippen molar-refractivity contribution in [3.8, 4) is 17.0 Å². The van der Waals surface area contributed by atoms with Gasteiger partial charge in [-0.3, -0.25) is 4.79 Å². The zero-order valence-corrected chi connectivity index (χ0v) is 18.8. The maximum absolute atomic E-state index is 12.9. The van der Waals surface area contributed by atoms with Crippen molar-refractivity contribution in [1.29, 1.82) is 0 Å². The third kappa shape index (κ3) is 5.07. The number of carbonyl (C=O) groups excluding carboxylic acids is 1. The van der Waals surface area contributed by atoms with E-state index in [2.05, 4.69) is 41.1 Å². The largest absolute Gasteiger partial charge is 0.494 e. The molecule has 0 atom stereocenters. The maximum atomic E-state index is 12.9. The second-order valence-corrected chi connectivity index (χ2v) is 8.10. The fraction of sp³-hybridized carbons (Fsp3) is 0.346. The highest BCUT2D eigenvalue weighted by Gasteiger charge is 2.23. The lowest BCUT2D eigenvalue weighted by Crippen LogP contribution is -2.49. The number of hydrogen-bond acceptors (Lipinski definition) is 5. The van der Waals surface area contributed by atoms with Crippen molar-refractivity contribution in [1.82, 2.24) is 15.1 Å². The van der Waals surface area contributed by atoms with E-state index in [9.17, 15) is 4.79 Å². The highest BCUT2D eigenvalue weighted by molar-refractivity contribution is 5.94. The van der Waals surface area contributed by atoms with E-state index in [1.54, 1.807) is 0 Å². The molecule has 6 heteroatoms. The second-order valence-electron chi connectivity index (χ2n) is 8.10. The van der Waals surface area contributed by atoms with Crippen molar-refractivity contribution >= 4 is 11.7 Å². The number of ether oxygens (including phenoxy) is 1. The standard InChI is InChI=1S/C26H30N4O2/c1-3-4-19-32-22-11-9-21(10-12-22)26(31)30-17-15-29(16-18-30)25-14-13-24(27-28-25)23-8-6-5-7-20(23)2/h5-14H,3-4,15-19H2,1-2H3. The zero-order chi connectivity index (χ0) is 22.3. The van der Waals surface area contributed by atoms with Crippen LogP contribution in [0.3, 0.4) is 0 Å². The Morgan fingerprint density at radius 1 is 0.938 bits per heavy atom. The van der Waals surface area contributed by atoms with Gasteiger partial charge in [-0.15, -0.1) is 10.2 Å². The van der Waals surface area contributed by atoms with E-state index in [0.717, 1.165) is 48.8 Å². The molecule has 1 aliphatic rings. The fourth-order valence-corrected chi connectivity index (χ4v) is 3.85. The molecule has 1 fully saturated rings. The van der Waals surface area contributed by atoms with Gasteiger partial charge >= 0.3 is 0 Å². The van der Waals surface area contributed by atoms with Crippen molar-refractivity contribution in [2.24, 2.45) is 0 Å². The first-order chi connectivity index (χ1) is 15.7. The van der Waals surface area contributed by atoms with Gasteiger partial charge in [0, 0.05) is 37.3 Å². The summed E-state index contributed by atoms with van der Waals surface area (Å²) in [6.45, 7) is 7.72. The van der Waals surface area contributed by atoms with Gasteiger partial charge in [-0.1, -0.05) is 37.6 Å². The SMILES string of the molecule is CCCCOc1ccc(C(=O)N2CCN(c3ccc(-c4ccccc4C)nn3)CC2)cc1. The van der Waals surface area contributed by atoms with Gasteiger partial charge in [0.25, 0.3) is 5.91 Å². The van der Waals surface area contributed by atoms with Gasteiger partial charge in [0.2, 0.25) is 0 Å². The van der Waals surface area contributed by atoms with Crippen LogP contribution >= 0.6 is 0 Å². The number of unbranched alkanes of at least 4 members (excludes halogenated alkanes) is 1. The van der Waals surface area contributed by atoms with Crippen LogP contribution in [0.15, 0.2) is 60.7 Å². The molecule has 3 aromatic rings. The van der Waals surface area contributed by atoms with E-state index in [-0.39, 0.29) is 5.91 Å². The number of amides is 1. The summed E-state index contributed by atoms with van der Waals surface area (Å²) in [7, 11) is 0. The summed E-state index contributed by atoms with van der Waals surface area (Å²) >= 11 is 0. The number of anilines is 1. The number of hydrogen-bond donors (Lipinski definition) is 0. The average molecular weight is 431 g/mol. The van der Waals surface area contributed by atoms with E-state index in [1.807, 2.05) is 53.4 Å². The molecule has 0 bridgehead atoms. The molecule has 1 aromatic heterocycles. The fourth-order valence-electron chi connectivity index (χ4n) is 3.85. The van der Waals surface area contributed by atoms with Gasteiger partial charge in [-0.25, -0.2) is 0 Å². The van der Waals surface area contributed by atoms with E-state index >= 15 is 0 Å². The number of aromatic nitrogens is 2. The van der Waals surface area contributed by atoms with Crippen molar-refractivity contribution in [2.75, 3.05) is 37.7 Å². The minimum atomic E-state index is 0.0609. The van der Waals surface area contributed by atoms with E-state index in [4.69, 9.17) is 4.74 Å². The molecule has 0 aliphatic carbocycles. The predicted molar refractivity (Wildman–Crippen MR) is 127 cm³/mol. The van der Waals surface area contributed by atoms with Gasteiger partial charge < -0.3 is 14.5 Å². The lowest BCUT2D eigenvalue weighted by atomic mass is 10.1. The summed E-state index contributed by atoms with van der Waals surface area (Å²) in [5.41, 5.74) is 3.86. The summed E-state index contributed by atoms with van der Waals surface area (Å²) in [5.74, 6) is 1.72.